The van der Waals surface area contributed by atoms with Crippen LogP contribution in [0.25, 0.3) is 0 Å². The van der Waals surface area contributed by atoms with Gasteiger partial charge >= 0.3 is 0 Å². The number of hydrogen-bond acceptors (Lipinski definition) is 2. The van der Waals surface area contributed by atoms with E-state index in [4.69, 9.17) is 0 Å². The van der Waals surface area contributed by atoms with E-state index in [1.807, 2.05) is 6.07 Å². The molecule has 0 aromatic heterocycles. The fourth-order valence-electron chi connectivity index (χ4n) is 2.13. The highest BCUT2D eigenvalue weighted by Crippen LogP contribution is 2.29. The van der Waals surface area contributed by atoms with E-state index in [-0.39, 0.29) is 13.2 Å². The van der Waals surface area contributed by atoms with Gasteiger partial charge in [-0.25, -0.2) is 0 Å². The number of halogens is 1. The van der Waals surface area contributed by atoms with Crippen molar-refractivity contribution < 1.29 is 14.6 Å². The Morgan fingerprint density at radius 2 is 1.59 bits per heavy atom. The SMILES string of the molecule is CC(C)c1cc(C(C)C)c(COF)cc1CO. The van der Waals surface area contributed by atoms with Crippen LogP contribution in [-0.4, -0.2) is 5.11 Å². The third-order valence-corrected chi connectivity index (χ3v) is 3.03. The Balaban J connectivity index is 3.31. The number of hydrogen-bond donors (Lipinski definition) is 1. The summed E-state index contributed by atoms with van der Waals surface area (Å²) in [5.74, 6) is 0.653. The summed E-state index contributed by atoms with van der Waals surface area (Å²) in [6, 6.07) is 3.92. The molecule has 0 aliphatic heterocycles. The van der Waals surface area contributed by atoms with Crippen LogP contribution in [0.1, 0.15) is 61.8 Å². The monoisotopic (exact) mass is 240 g/mol. The molecule has 17 heavy (non-hydrogen) atoms. The second kappa shape index (κ2) is 6.12. The van der Waals surface area contributed by atoms with Gasteiger partial charge in [-0.2, -0.15) is 4.94 Å². The Hall–Kier alpha value is -0.930. The number of rotatable bonds is 5. The highest BCUT2D eigenvalue weighted by molar-refractivity contribution is 5.41. The molecule has 96 valence electrons. The lowest BCUT2D eigenvalue weighted by atomic mass is 9.88. The van der Waals surface area contributed by atoms with Crippen LogP contribution in [0.15, 0.2) is 12.1 Å². The molecule has 0 radical (unpaired) electrons. The van der Waals surface area contributed by atoms with E-state index in [0.717, 1.165) is 22.3 Å². The summed E-state index contributed by atoms with van der Waals surface area (Å²) in [6.07, 6.45) is 0. The molecule has 0 amide bonds. The molecule has 0 atom stereocenters. The summed E-state index contributed by atoms with van der Waals surface area (Å²) in [5.41, 5.74) is 3.88. The summed E-state index contributed by atoms with van der Waals surface area (Å²) in [4.78, 5) is 3.74. The van der Waals surface area contributed by atoms with Gasteiger partial charge in [0.2, 0.25) is 0 Å². The van der Waals surface area contributed by atoms with Crippen LogP contribution in [0.5, 0.6) is 0 Å². The minimum atomic E-state index is -0.0567. The average molecular weight is 240 g/mol. The van der Waals surface area contributed by atoms with Gasteiger partial charge < -0.3 is 5.11 Å². The molecule has 0 aliphatic rings. The molecule has 2 nitrogen and oxygen atoms in total. The fourth-order valence-corrected chi connectivity index (χ4v) is 2.13. The average Bonchev–Trinajstić information content (AvgIpc) is 2.28. The van der Waals surface area contributed by atoms with Crippen LogP contribution in [-0.2, 0) is 18.2 Å². The lowest BCUT2D eigenvalue weighted by Gasteiger charge is -2.18. The molecule has 3 heteroatoms. The molecule has 1 aromatic carbocycles. The van der Waals surface area contributed by atoms with E-state index >= 15 is 0 Å². The smallest absolute Gasteiger partial charge is 0.113 e. The highest BCUT2D eigenvalue weighted by atomic mass is 19.3. The van der Waals surface area contributed by atoms with E-state index in [0.29, 0.717) is 11.8 Å². The van der Waals surface area contributed by atoms with E-state index < -0.39 is 0 Å². The van der Waals surface area contributed by atoms with Gasteiger partial charge in [0.25, 0.3) is 0 Å². The molecule has 0 unspecified atom stereocenters. The van der Waals surface area contributed by atoms with Crippen molar-refractivity contribution in [2.24, 2.45) is 0 Å². The van der Waals surface area contributed by atoms with Crippen LogP contribution < -0.4 is 0 Å². The molecule has 0 bridgehead atoms. The van der Waals surface area contributed by atoms with Crippen molar-refractivity contribution in [1.29, 1.82) is 0 Å². The largest absolute Gasteiger partial charge is 0.392 e. The first kappa shape index (κ1) is 14.1. The lowest BCUT2D eigenvalue weighted by molar-refractivity contribution is -0.144. The molecule has 1 rings (SSSR count). The van der Waals surface area contributed by atoms with Crippen LogP contribution >= 0.6 is 0 Å². The van der Waals surface area contributed by atoms with Gasteiger partial charge in [0.15, 0.2) is 0 Å². The van der Waals surface area contributed by atoms with E-state index in [1.54, 1.807) is 0 Å². The van der Waals surface area contributed by atoms with Crippen LogP contribution in [0.3, 0.4) is 0 Å². The van der Waals surface area contributed by atoms with Gasteiger partial charge in [-0.15, -0.1) is 0 Å². The van der Waals surface area contributed by atoms with Crippen molar-refractivity contribution in [3.05, 3.63) is 34.4 Å². The Morgan fingerprint density at radius 1 is 1.06 bits per heavy atom. The lowest BCUT2D eigenvalue weighted by Crippen LogP contribution is -2.04. The van der Waals surface area contributed by atoms with E-state index in [1.165, 1.54) is 0 Å². The molecule has 0 saturated carbocycles. The Morgan fingerprint density at radius 3 is 2.00 bits per heavy atom. The predicted octanol–water partition coefficient (Wildman–Crippen LogP) is 3.83. The molecule has 0 fully saturated rings. The molecule has 1 aromatic rings. The van der Waals surface area contributed by atoms with E-state index in [2.05, 4.69) is 38.7 Å². The van der Waals surface area contributed by atoms with Gasteiger partial charge in [0, 0.05) is 0 Å². The van der Waals surface area contributed by atoms with Gasteiger partial charge in [-0.05, 0) is 38.6 Å². The maximum Gasteiger partial charge on any atom is 0.113 e. The summed E-state index contributed by atoms with van der Waals surface area (Å²) in [5, 5.41) is 9.35. The zero-order valence-electron chi connectivity index (χ0n) is 11.0. The van der Waals surface area contributed by atoms with Crippen molar-refractivity contribution >= 4 is 0 Å². The summed E-state index contributed by atoms with van der Waals surface area (Å²) < 4.78 is 12.1. The second-order valence-electron chi connectivity index (χ2n) is 4.97. The quantitative estimate of drug-likeness (QED) is 0.847. The minimum Gasteiger partial charge on any atom is -0.392 e. The highest BCUT2D eigenvalue weighted by Gasteiger charge is 2.14. The standard InChI is InChI=1S/C14H21FO2/c1-9(2)13-6-14(10(3)4)12(8-17-15)5-11(13)7-16/h5-6,9-10,16H,7-8H2,1-4H3. The molecular weight excluding hydrogens is 219 g/mol. The zero-order chi connectivity index (χ0) is 13.0. The molecule has 0 heterocycles. The van der Waals surface area contributed by atoms with Crippen LogP contribution in [0, 0.1) is 0 Å². The van der Waals surface area contributed by atoms with Gasteiger partial charge in [-0.3, -0.25) is 0 Å². The van der Waals surface area contributed by atoms with Crippen LogP contribution in [0.2, 0.25) is 0 Å². The Labute approximate surface area is 102 Å². The van der Waals surface area contributed by atoms with Crippen molar-refractivity contribution in [2.75, 3.05) is 0 Å². The number of aliphatic hydroxyl groups excluding tert-OH is 1. The van der Waals surface area contributed by atoms with Crippen molar-refractivity contribution in [3.8, 4) is 0 Å². The van der Waals surface area contributed by atoms with Gasteiger partial charge in [0.05, 0.1) is 6.61 Å². The third-order valence-electron chi connectivity index (χ3n) is 3.03. The normalized spacial score (nSPS) is 11.5. The summed E-state index contributed by atoms with van der Waals surface area (Å²) >= 11 is 0. The minimum absolute atomic E-state index is 0.0226. The molecule has 0 aliphatic carbocycles. The summed E-state index contributed by atoms with van der Waals surface area (Å²) in [7, 11) is 0. The van der Waals surface area contributed by atoms with Gasteiger partial charge in [-0.1, -0.05) is 39.8 Å². The van der Waals surface area contributed by atoms with Crippen LogP contribution in [0.4, 0.5) is 4.53 Å². The summed E-state index contributed by atoms with van der Waals surface area (Å²) in [6.45, 7) is 8.23. The second-order valence-corrected chi connectivity index (χ2v) is 4.97. The van der Waals surface area contributed by atoms with Crippen molar-refractivity contribution in [1.82, 2.24) is 0 Å². The molecular formula is C14H21FO2. The topological polar surface area (TPSA) is 29.5 Å². The van der Waals surface area contributed by atoms with Gasteiger partial charge in [0.1, 0.15) is 6.61 Å². The fraction of sp³-hybridized carbons (Fsp3) is 0.571. The zero-order valence-corrected chi connectivity index (χ0v) is 11.0. The first-order chi connectivity index (χ1) is 8.01. The first-order valence-corrected chi connectivity index (χ1v) is 6.01. The first-order valence-electron chi connectivity index (χ1n) is 6.01. The molecule has 1 N–H and O–H groups in total. The van der Waals surface area contributed by atoms with E-state index in [9.17, 15) is 9.63 Å². The van der Waals surface area contributed by atoms with Crippen molar-refractivity contribution in [2.45, 2.75) is 52.7 Å². The maximum atomic E-state index is 12.1. The number of aliphatic hydroxyl groups is 1. The number of benzene rings is 1. The third kappa shape index (κ3) is 3.27. The Kier molecular flexibility index (Phi) is 5.09. The molecule has 0 saturated heterocycles. The molecule has 0 spiro atoms. The Bertz CT molecular complexity index is 373. The maximum absolute atomic E-state index is 12.1. The predicted molar refractivity (Wildman–Crippen MR) is 66.4 cm³/mol. The van der Waals surface area contributed by atoms with Crippen molar-refractivity contribution in [3.63, 3.8) is 0 Å².